The second-order valence-corrected chi connectivity index (χ2v) is 6.63. The maximum atomic E-state index is 12.3. The molecule has 10 heteroatoms. The van der Waals surface area contributed by atoms with Crippen molar-refractivity contribution in [3.8, 4) is 0 Å². The van der Waals surface area contributed by atoms with Gasteiger partial charge in [-0.05, 0) is 7.05 Å². The summed E-state index contributed by atoms with van der Waals surface area (Å²) in [5.74, 6) is -0.745. The van der Waals surface area contributed by atoms with E-state index in [9.17, 15) is 24.9 Å². The van der Waals surface area contributed by atoms with Crippen molar-refractivity contribution >= 4 is 11.8 Å². The van der Waals surface area contributed by atoms with Gasteiger partial charge in [-0.2, -0.15) is 0 Å². The second kappa shape index (κ2) is 8.88. The molecule has 25 heavy (non-hydrogen) atoms. The van der Waals surface area contributed by atoms with Gasteiger partial charge in [-0.1, -0.05) is 0 Å². The fourth-order valence-corrected chi connectivity index (χ4v) is 3.05. The van der Waals surface area contributed by atoms with E-state index in [2.05, 4.69) is 15.5 Å². The van der Waals surface area contributed by atoms with Crippen molar-refractivity contribution < 1.29 is 29.6 Å². The largest absolute Gasteiger partial charge is 0.394 e. The van der Waals surface area contributed by atoms with Gasteiger partial charge in [0.1, 0.15) is 24.4 Å². The van der Waals surface area contributed by atoms with E-state index >= 15 is 0 Å². The molecule has 0 aromatic rings. The monoisotopic (exact) mass is 360 g/mol. The number of likely N-dealkylation sites (N-methyl/N-ethyl adjacent to an activating group) is 1. The standard InChI is InChI=1S/C15H28N4O6/c1-9(21)16-12-14(24)13(23)10(8-20)25-15(12)17-11(22)7-19-5-3-18(2)4-6-19/h10,12-15,20,23-24H,3-8H2,1-2H3,(H,16,21)(H,17,22)/t10-,12-,13-,14-,15-/m1/s1. The van der Waals surface area contributed by atoms with Crippen LogP contribution in [0.2, 0.25) is 0 Å². The van der Waals surface area contributed by atoms with E-state index in [0.29, 0.717) is 0 Å². The lowest BCUT2D eigenvalue weighted by atomic mass is 9.96. The number of piperazine rings is 1. The molecule has 0 bridgehead atoms. The summed E-state index contributed by atoms with van der Waals surface area (Å²) in [7, 11) is 2.02. The molecular formula is C15H28N4O6. The molecule has 0 unspecified atom stereocenters. The van der Waals surface area contributed by atoms with Gasteiger partial charge in [0.05, 0.1) is 13.2 Å². The molecule has 5 N–H and O–H groups in total. The predicted molar refractivity (Wildman–Crippen MR) is 87.4 cm³/mol. The number of rotatable bonds is 5. The SMILES string of the molecule is CC(=O)N[C@@H]1[C@@H](O)[C@H](O)[C@@H](CO)O[C@H]1NC(=O)CN1CCN(C)CC1. The van der Waals surface area contributed by atoms with Gasteiger partial charge in [-0.25, -0.2) is 0 Å². The number of carbonyl (C=O) groups excluding carboxylic acids is 2. The molecule has 144 valence electrons. The van der Waals surface area contributed by atoms with Crippen molar-refractivity contribution in [3.05, 3.63) is 0 Å². The van der Waals surface area contributed by atoms with Gasteiger partial charge >= 0.3 is 0 Å². The Labute approximate surface area is 146 Å². The van der Waals surface area contributed by atoms with Crippen LogP contribution in [0.3, 0.4) is 0 Å². The Kier molecular flexibility index (Phi) is 7.11. The van der Waals surface area contributed by atoms with Crippen molar-refractivity contribution in [1.29, 1.82) is 0 Å². The van der Waals surface area contributed by atoms with Crippen LogP contribution in [0.1, 0.15) is 6.92 Å². The van der Waals surface area contributed by atoms with Crippen LogP contribution in [0.25, 0.3) is 0 Å². The van der Waals surface area contributed by atoms with Gasteiger partial charge < -0.3 is 35.6 Å². The average Bonchev–Trinajstić information content (AvgIpc) is 2.56. The molecule has 2 heterocycles. The van der Waals surface area contributed by atoms with Crippen LogP contribution in [0.5, 0.6) is 0 Å². The van der Waals surface area contributed by atoms with Crippen molar-refractivity contribution in [3.63, 3.8) is 0 Å². The first kappa shape index (κ1) is 20.0. The fourth-order valence-electron chi connectivity index (χ4n) is 3.05. The molecular weight excluding hydrogens is 332 g/mol. The Morgan fingerprint density at radius 2 is 1.76 bits per heavy atom. The van der Waals surface area contributed by atoms with Gasteiger partial charge in [-0.3, -0.25) is 14.5 Å². The molecule has 2 amide bonds. The number of carbonyl (C=O) groups is 2. The number of hydrogen-bond acceptors (Lipinski definition) is 8. The van der Waals surface area contributed by atoms with E-state index in [0.717, 1.165) is 26.2 Å². The van der Waals surface area contributed by atoms with Crippen LogP contribution >= 0.6 is 0 Å². The Bertz CT molecular complexity index is 471. The molecule has 10 nitrogen and oxygen atoms in total. The van der Waals surface area contributed by atoms with E-state index in [-0.39, 0.29) is 12.5 Å². The molecule has 2 saturated heterocycles. The van der Waals surface area contributed by atoms with Gasteiger partial charge in [0.15, 0.2) is 6.23 Å². The molecule has 0 saturated carbocycles. The Balaban J connectivity index is 1.97. The first-order valence-electron chi connectivity index (χ1n) is 8.41. The van der Waals surface area contributed by atoms with Crippen LogP contribution < -0.4 is 10.6 Å². The zero-order valence-corrected chi connectivity index (χ0v) is 14.6. The lowest BCUT2D eigenvalue weighted by Crippen LogP contribution is -2.68. The molecule has 0 aromatic carbocycles. The van der Waals surface area contributed by atoms with Crippen LogP contribution in [-0.4, -0.2) is 114 Å². The predicted octanol–water partition coefficient (Wildman–Crippen LogP) is -3.71. The molecule has 2 aliphatic rings. The van der Waals surface area contributed by atoms with Gasteiger partial charge in [0, 0.05) is 33.1 Å². The summed E-state index contributed by atoms with van der Waals surface area (Å²) >= 11 is 0. The van der Waals surface area contributed by atoms with E-state index in [4.69, 9.17) is 4.74 Å². The zero-order chi connectivity index (χ0) is 18.6. The van der Waals surface area contributed by atoms with E-state index < -0.39 is 43.1 Å². The number of ether oxygens (including phenoxy) is 1. The lowest BCUT2D eigenvalue weighted by molar-refractivity contribution is -0.203. The molecule has 0 spiro atoms. The first-order chi connectivity index (χ1) is 11.8. The summed E-state index contributed by atoms with van der Waals surface area (Å²) in [6.45, 7) is 4.20. The molecule has 2 fully saturated rings. The van der Waals surface area contributed by atoms with Crippen molar-refractivity contribution in [2.24, 2.45) is 0 Å². The summed E-state index contributed by atoms with van der Waals surface area (Å²) in [5, 5.41) is 34.5. The average molecular weight is 360 g/mol. The first-order valence-corrected chi connectivity index (χ1v) is 8.41. The lowest BCUT2D eigenvalue weighted by Gasteiger charge is -2.42. The Hall–Kier alpha value is -1.30. The number of hydrogen-bond donors (Lipinski definition) is 5. The molecule has 0 aliphatic carbocycles. The number of aliphatic hydroxyl groups excluding tert-OH is 3. The second-order valence-electron chi connectivity index (χ2n) is 6.63. The minimum Gasteiger partial charge on any atom is -0.394 e. The molecule has 5 atom stereocenters. The number of aliphatic hydroxyl groups is 3. The highest BCUT2D eigenvalue weighted by atomic mass is 16.5. The Morgan fingerprint density at radius 3 is 2.32 bits per heavy atom. The minimum absolute atomic E-state index is 0.170. The van der Waals surface area contributed by atoms with Crippen LogP contribution in [0, 0.1) is 0 Å². The zero-order valence-electron chi connectivity index (χ0n) is 14.6. The highest BCUT2D eigenvalue weighted by Crippen LogP contribution is 2.20. The highest BCUT2D eigenvalue weighted by molar-refractivity contribution is 5.78. The molecule has 2 rings (SSSR count). The summed E-state index contributed by atoms with van der Waals surface area (Å²) in [6.07, 6.45) is -4.83. The maximum Gasteiger partial charge on any atom is 0.236 e. The van der Waals surface area contributed by atoms with Gasteiger partial charge in [0.2, 0.25) is 11.8 Å². The summed E-state index contributed by atoms with van der Waals surface area (Å²) < 4.78 is 5.48. The minimum atomic E-state index is -1.37. The van der Waals surface area contributed by atoms with E-state index in [1.165, 1.54) is 6.92 Å². The maximum absolute atomic E-state index is 12.3. The third-order valence-electron chi connectivity index (χ3n) is 4.56. The van der Waals surface area contributed by atoms with E-state index in [1.54, 1.807) is 0 Å². The third kappa shape index (κ3) is 5.33. The van der Waals surface area contributed by atoms with Crippen LogP contribution in [-0.2, 0) is 14.3 Å². The van der Waals surface area contributed by atoms with Gasteiger partial charge in [0.25, 0.3) is 0 Å². The highest BCUT2D eigenvalue weighted by Gasteiger charge is 2.45. The quantitative estimate of drug-likeness (QED) is 0.338. The third-order valence-corrected chi connectivity index (χ3v) is 4.56. The van der Waals surface area contributed by atoms with Crippen LogP contribution in [0.4, 0.5) is 0 Å². The normalized spacial score (nSPS) is 34.5. The summed E-state index contributed by atoms with van der Waals surface area (Å²) in [6, 6.07) is -1.01. The van der Waals surface area contributed by atoms with Crippen molar-refractivity contribution in [2.45, 2.75) is 37.5 Å². The topological polar surface area (TPSA) is 135 Å². The molecule has 2 aliphatic heterocycles. The fraction of sp³-hybridized carbons (Fsp3) is 0.867. The van der Waals surface area contributed by atoms with Crippen LogP contribution in [0.15, 0.2) is 0 Å². The van der Waals surface area contributed by atoms with Crippen molar-refractivity contribution in [2.75, 3.05) is 46.4 Å². The van der Waals surface area contributed by atoms with Gasteiger partial charge in [-0.15, -0.1) is 0 Å². The smallest absolute Gasteiger partial charge is 0.236 e. The molecule has 0 radical (unpaired) electrons. The number of nitrogens with one attached hydrogen (secondary N) is 2. The Morgan fingerprint density at radius 1 is 1.12 bits per heavy atom. The molecule has 0 aromatic heterocycles. The summed E-state index contributed by atoms with van der Waals surface area (Å²) in [4.78, 5) is 27.8. The van der Waals surface area contributed by atoms with E-state index in [1.807, 2.05) is 11.9 Å². The number of amides is 2. The van der Waals surface area contributed by atoms with Crippen molar-refractivity contribution in [1.82, 2.24) is 20.4 Å². The number of nitrogens with zero attached hydrogens (tertiary/aromatic N) is 2. The summed E-state index contributed by atoms with van der Waals surface area (Å²) in [5.41, 5.74) is 0.